The molecular weight excluding hydrogens is 602 g/mol. The highest BCUT2D eigenvalue weighted by Crippen LogP contribution is 2.55. The number of phenolic OH excluding ortho intramolecular Hbond substituents is 1. The lowest BCUT2D eigenvalue weighted by atomic mass is 9.56. The van der Waals surface area contributed by atoms with Crippen molar-refractivity contribution in [3.05, 3.63) is 87.9 Å². The van der Waals surface area contributed by atoms with Gasteiger partial charge in [-0.3, -0.25) is 19.3 Å². The number of aliphatic hydroxyl groups excluding tert-OH is 2. The molecule has 6 N–H and O–H groups in total. The molecule has 0 spiro atoms. The first-order valence-electron chi connectivity index (χ1n) is 15.4. The third kappa shape index (κ3) is 4.49. The Labute approximate surface area is 271 Å². The summed E-state index contributed by atoms with van der Waals surface area (Å²) in [6, 6.07) is 13.7. The minimum absolute atomic E-state index is 0.0341. The molecule has 6 rings (SSSR count). The first-order chi connectivity index (χ1) is 22.2. The molecule has 47 heavy (non-hydrogen) atoms. The van der Waals surface area contributed by atoms with E-state index in [1.807, 2.05) is 36.4 Å². The SMILES string of the molecule is C=NC(=O)C1=C(O)[C@@H](N(C)C)[C@]2(O)C[C@@H]3Cc4c(-c5ccc(CNC(C)C)c6ccccc56)ccc(O)c4C(=O)C3=C(O)[C@]2(O)C1=O. The molecule has 11 heteroatoms. The lowest BCUT2D eigenvalue weighted by Gasteiger charge is -2.55. The van der Waals surface area contributed by atoms with Crippen molar-refractivity contribution in [2.24, 2.45) is 10.9 Å². The molecule has 0 bridgehead atoms. The van der Waals surface area contributed by atoms with E-state index < -0.39 is 64.1 Å². The summed E-state index contributed by atoms with van der Waals surface area (Å²) < 4.78 is 0. The minimum atomic E-state index is -3.19. The molecular formula is C36H37N3O8. The number of carbonyl (C=O) groups is 3. The van der Waals surface area contributed by atoms with Crippen molar-refractivity contribution in [3.8, 4) is 16.9 Å². The van der Waals surface area contributed by atoms with E-state index in [1.165, 1.54) is 25.1 Å². The standard InChI is InChI=1S/C36H37N3O8/c1-17(2)38-16-18-10-11-22(21-9-7-6-8-20(18)21)23-12-13-25(40)27-24(23)14-19-15-35(46)31(39(4)5)30(42)28(34(45)37-3)33(44)36(35,47)32(43)26(19)29(27)41/h6-13,17,19,31,38,40,42-43,46-47H,3,14-16H2,1-2,4-5H3/t19-,31+,35+,36-/m0/s1. The van der Waals surface area contributed by atoms with Gasteiger partial charge in [-0.1, -0.05) is 56.3 Å². The van der Waals surface area contributed by atoms with Crippen LogP contribution in [-0.2, 0) is 22.6 Å². The second kappa shape index (κ2) is 11.2. The zero-order valence-electron chi connectivity index (χ0n) is 26.5. The number of hydrogen-bond donors (Lipinski definition) is 6. The van der Waals surface area contributed by atoms with Gasteiger partial charge in [0.1, 0.15) is 34.5 Å². The number of hydrogen-bond acceptors (Lipinski definition) is 10. The number of Topliss-reactive ketones (excluding diaryl/α,β-unsaturated/α-hetero) is 2. The van der Waals surface area contributed by atoms with E-state index in [-0.39, 0.29) is 29.3 Å². The van der Waals surface area contributed by atoms with Gasteiger partial charge in [0.25, 0.3) is 5.91 Å². The van der Waals surface area contributed by atoms with Crippen molar-refractivity contribution in [2.75, 3.05) is 14.1 Å². The van der Waals surface area contributed by atoms with Gasteiger partial charge in [0, 0.05) is 18.2 Å². The molecule has 244 valence electrons. The number of nitrogens with one attached hydrogen (secondary N) is 1. The predicted molar refractivity (Wildman–Crippen MR) is 175 cm³/mol. The maximum absolute atomic E-state index is 14.3. The normalized spacial score (nSPS) is 25.7. The summed E-state index contributed by atoms with van der Waals surface area (Å²) in [5.74, 6) is -6.87. The van der Waals surface area contributed by atoms with Crippen LogP contribution in [-0.4, -0.2) is 92.0 Å². The molecule has 11 nitrogen and oxygen atoms in total. The Balaban J connectivity index is 1.55. The summed E-state index contributed by atoms with van der Waals surface area (Å²) in [4.78, 5) is 45.1. The number of aliphatic imine (C=N–C) groups is 1. The number of allylic oxidation sites excluding steroid dienone is 1. The number of aromatic hydroxyl groups is 1. The molecule has 0 unspecified atom stereocenters. The van der Waals surface area contributed by atoms with Gasteiger partial charge in [0.15, 0.2) is 5.78 Å². The van der Waals surface area contributed by atoms with Gasteiger partial charge in [-0.25, -0.2) is 4.99 Å². The van der Waals surface area contributed by atoms with Gasteiger partial charge in [0.2, 0.25) is 11.4 Å². The first-order valence-corrected chi connectivity index (χ1v) is 15.4. The van der Waals surface area contributed by atoms with Crippen LogP contribution in [0.3, 0.4) is 0 Å². The predicted octanol–water partition coefficient (Wildman–Crippen LogP) is 3.30. The number of fused-ring (bicyclic) bond motifs is 4. The molecule has 3 aromatic rings. The first kappa shape index (κ1) is 32.3. The maximum Gasteiger partial charge on any atom is 0.283 e. The van der Waals surface area contributed by atoms with E-state index >= 15 is 0 Å². The Bertz CT molecular complexity index is 1960. The second-order valence-electron chi connectivity index (χ2n) is 13.1. The molecule has 4 atom stereocenters. The number of ketones is 2. The van der Waals surface area contributed by atoms with E-state index in [9.17, 15) is 39.9 Å². The topological polar surface area (TPSA) is 180 Å². The van der Waals surface area contributed by atoms with Crippen molar-refractivity contribution in [3.63, 3.8) is 0 Å². The Morgan fingerprint density at radius 2 is 1.68 bits per heavy atom. The Kier molecular flexibility index (Phi) is 7.71. The molecule has 0 radical (unpaired) electrons. The van der Waals surface area contributed by atoms with Gasteiger partial charge in [-0.05, 0) is 78.7 Å². The average Bonchev–Trinajstić information content (AvgIpc) is 3.01. The van der Waals surface area contributed by atoms with Gasteiger partial charge in [-0.15, -0.1) is 0 Å². The van der Waals surface area contributed by atoms with Crippen LogP contribution in [0.2, 0.25) is 0 Å². The Morgan fingerprint density at radius 3 is 2.32 bits per heavy atom. The fourth-order valence-electron chi connectivity index (χ4n) is 7.72. The second-order valence-corrected chi connectivity index (χ2v) is 13.1. The highest BCUT2D eigenvalue weighted by Gasteiger charge is 2.71. The van der Waals surface area contributed by atoms with Crippen LogP contribution in [0.5, 0.6) is 5.75 Å². The van der Waals surface area contributed by atoms with Gasteiger partial charge >= 0.3 is 0 Å². The average molecular weight is 640 g/mol. The summed E-state index contributed by atoms with van der Waals surface area (Å²) in [7, 11) is 2.91. The summed E-state index contributed by atoms with van der Waals surface area (Å²) >= 11 is 0. The van der Waals surface area contributed by atoms with E-state index in [1.54, 1.807) is 6.07 Å². The summed E-state index contributed by atoms with van der Waals surface area (Å²) in [6.07, 6.45) is -0.419. The van der Waals surface area contributed by atoms with Crippen LogP contribution in [0, 0.1) is 5.92 Å². The summed E-state index contributed by atoms with van der Waals surface area (Å²) in [5.41, 5.74) is -4.15. The van der Waals surface area contributed by atoms with Gasteiger partial charge in [-0.2, -0.15) is 0 Å². The molecule has 1 amide bonds. The Morgan fingerprint density at radius 1 is 1.02 bits per heavy atom. The lowest BCUT2D eigenvalue weighted by Crippen LogP contribution is -2.74. The summed E-state index contributed by atoms with van der Waals surface area (Å²) in [6.45, 7) is 7.89. The number of benzene rings is 3. The molecule has 3 aliphatic carbocycles. The van der Waals surface area contributed by atoms with E-state index in [2.05, 4.69) is 30.9 Å². The van der Waals surface area contributed by atoms with E-state index in [4.69, 9.17) is 0 Å². The van der Waals surface area contributed by atoms with Crippen molar-refractivity contribution in [1.29, 1.82) is 0 Å². The number of phenols is 1. The zero-order chi connectivity index (χ0) is 34.2. The highest BCUT2D eigenvalue weighted by atomic mass is 16.4. The minimum Gasteiger partial charge on any atom is -0.510 e. The highest BCUT2D eigenvalue weighted by molar-refractivity contribution is 6.26. The van der Waals surface area contributed by atoms with Crippen LogP contribution >= 0.6 is 0 Å². The monoisotopic (exact) mass is 639 g/mol. The molecule has 0 aliphatic heterocycles. The number of rotatable bonds is 6. The van der Waals surface area contributed by atoms with Gasteiger partial charge in [0.05, 0.1) is 5.56 Å². The zero-order valence-corrected chi connectivity index (χ0v) is 26.5. The molecule has 3 aromatic carbocycles. The molecule has 3 aliphatic rings. The molecule has 0 saturated heterocycles. The molecule has 0 fully saturated rings. The number of aliphatic hydroxyl groups is 4. The fraction of sp³-hybridized carbons (Fsp3) is 0.333. The van der Waals surface area contributed by atoms with Crippen LogP contribution < -0.4 is 5.32 Å². The van der Waals surface area contributed by atoms with Crippen LogP contribution in [0.15, 0.2) is 76.2 Å². The molecule has 0 aromatic heterocycles. The largest absolute Gasteiger partial charge is 0.510 e. The summed E-state index contributed by atoms with van der Waals surface area (Å²) in [5, 5.41) is 63.4. The van der Waals surface area contributed by atoms with E-state index in [0.29, 0.717) is 17.7 Å². The smallest absolute Gasteiger partial charge is 0.283 e. The molecule has 0 heterocycles. The van der Waals surface area contributed by atoms with Crippen LogP contribution in [0.4, 0.5) is 0 Å². The number of carbonyl (C=O) groups excluding carboxylic acids is 3. The maximum atomic E-state index is 14.3. The third-order valence-corrected chi connectivity index (χ3v) is 9.81. The number of amides is 1. The van der Waals surface area contributed by atoms with Crippen molar-refractivity contribution in [2.45, 2.75) is 56.5 Å². The van der Waals surface area contributed by atoms with Crippen molar-refractivity contribution < 1.29 is 39.9 Å². The Hall–Kier alpha value is -4.68. The van der Waals surface area contributed by atoms with Crippen LogP contribution in [0.25, 0.3) is 21.9 Å². The third-order valence-electron chi connectivity index (χ3n) is 9.81. The molecule has 0 saturated carbocycles. The number of likely N-dealkylation sites (N-methyl/N-ethyl adjacent to an activating group) is 1. The van der Waals surface area contributed by atoms with E-state index in [0.717, 1.165) is 21.9 Å². The quantitative estimate of drug-likeness (QED) is 0.173. The fourth-order valence-corrected chi connectivity index (χ4v) is 7.72. The lowest BCUT2D eigenvalue weighted by molar-refractivity contribution is -0.199. The van der Waals surface area contributed by atoms with Crippen molar-refractivity contribution >= 4 is 35.0 Å². The van der Waals surface area contributed by atoms with Gasteiger partial charge < -0.3 is 30.8 Å². The van der Waals surface area contributed by atoms with Crippen LogP contribution in [0.1, 0.15) is 41.8 Å². The number of nitrogens with zero attached hydrogens (tertiary/aromatic N) is 2. The van der Waals surface area contributed by atoms with Crippen molar-refractivity contribution in [1.82, 2.24) is 10.2 Å².